The van der Waals surface area contributed by atoms with Crippen molar-refractivity contribution in [2.45, 2.75) is 9.79 Å². The Labute approximate surface area is 138 Å². The normalized spacial score (nSPS) is 11.3. The number of hydrogen-bond donors (Lipinski definition) is 1. The van der Waals surface area contributed by atoms with Gasteiger partial charge in [-0.3, -0.25) is 4.79 Å². The Morgan fingerprint density at radius 2 is 1.50 bits per heavy atom. The Morgan fingerprint density at radius 3 is 2.08 bits per heavy atom. The molecular formula is C18H12O5S. The second kappa shape index (κ2) is 5.90. The molecule has 0 bridgehead atoms. The number of carbonyl (C=O) groups is 2. The molecule has 0 aromatic heterocycles. The Bertz CT molecular complexity index is 1050. The van der Waals surface area contributed by atoms with Crippen LogP contribution in [-0.2, 0) is 9.84 Å². The van der Waals surface area contributed by atoms with Crippen LogP contribution in [0.4, 0.5) is 0 Å². The summed E-state index contributed by atoms with van der Waals surface area (Å²) in [5, 5.41) is 9.91. The van der Waals surface area contributed by atoms with E-state index < -0.39 is 15.8 Å². The molecule has 0 aliphatic rings. The number of aldehydes is 1. The molecule has 5 nitrogen and oxygen atoms in total. The number of hydrogen-bond acceptors (Lipinski definition) is 4. The number of sulfone groups is 1. The zero-order valence-corrected chi connectivity index (χ0v) is 13.2. The molecule has 1 N–H and O–H groups in total. The molecule has 0 saturated heterocycles. The van der Waals surface area contributed by atoms with Crippen LogP contribution in [0.3, 0.4) is 0 Å². The summed E-state index contributed by atoms with van der Waals surface area (Å²) >= 11 is 0. The van der Waals surface area contributed by atoms with E-state index in [1.807, 2.05) is 0 Å². The molecule has 3 rings (SSSR count). The van der Waals surface area contributed by atoms with Crippen LogP contribution in [0.2, 0.25) is 0 Å². The average molecular weight is 340 g/mol. The second-order valence-corrected chi connectivity index (χ2v) is 7.07. The summed E-state index contributed by atoms with van der Waals surface area (Å²) < 4.78 is 25.8. The monoisotopic (exact) mass is 340 g/mol. The van der Waals surface area contributed by atoms with Crippen molar-refractivity contribution in [3.8, 4) is 0 Å². The summed E-state index contributed by atoms with van der Waals surface area (Å²) in [6.45, 7) is 0. The van der Waals surface area contributed by atoms with E-state index in [1.165, 1.54) is 36.4 Å². The van der Waals surface area contributed by atoms with E-state index in [0.717, 1.165) is 0 Å². The van der Waals surface area contributed by atoms with Gasteiger partial charge in [0, 0.05) is 10.9 Å². The molecule has 0 radical (unpaired) electrons. The van der Waals surface area contributed by atoms with Crippen LogP contribution >= 0.6 is 0 Å². The van der Waals surface area contributed by atoms with E-state index >= 15 is 0 Å². The predicted molar refractivity (Wildman–Crippen MR) is 88.2 cm³/mol. The van der Waals surface area contributed by atoms with Gasteiger partial charge in [0.2, 0.25) is 9.84 Å². The van der Waals surface area contributed by atoms with Crippen molar-refractivity contribution in [2.24, 2.45) is 0 Å². The Hall–Kier alpha value is -2.99. The van der Waals surface area contributed by atoms with Crippen molar-refractivity contribution in [2.75, 3.05) is 0 Å². The van der Waals surface area contributed by atoms with E-state index in [4.69, 9.17) is 5.11 Å². The zero-order valence-electron chi connectivity index (χ0n) is 12.3. The number of carbonyl (C=O) groups excluding carboxylic acids is 1. The molecule has 0 atom stereocenters. The fourth-order valence-electron chi connectivity index (χ4n) is 2.54. The van der Waals surface area contributed by atoms with E-state index in [0.29, 0.717) is 22.6 Å². The molecule has 120 valence electrons. The van der Waals surface area contributed by atoms with Crippen LogP contribution in [0.5, 0.6) is 0 Å². The molecule has 0 aliphatic heterocycles. The van der Waals surface area contributed by atoms with Gasteiger partial charge in [-0.15, -0.1) is 0 Å². The predicted octanol–water partition coefficient (Wildman–Crippen LogP) is 3.18. The van der Waals surface area contributed by atoms with Gasteiger partial charge in [0.1, 0.15) is 0 Å². The lowest BCUT2D eigenvalue weighted by atomic mass is 10.1. The van der Waals surface area contributed by atoms with Crippen LogP contribution < -0.4 is 0 Å². The lowest BCUT2D eigenvalue weighted by Crippen LogP contribution is -2.05. The van der Waals surface area contributed by atoms with Crippen molar-refractivity contribution in [3.05, 3.63) is 71.8 Å². The molecule has 0 aliphatic carbocycles. The SMILES string of the molecule is O=Cc1ccc(S(=O)(=O)c2ccc(C(=O)O)cc2)c2ccccc12. The number of carboxylic acids is 1. The van der Waals surface area contributed by atoms with E-state index in [2.05, 4.69) is 0 Å². The summed E-state index contributed by atoms with van der Waals surface area (Å²) in [4.78, 5) is 22.1. The van der Waals surface area contributed by atoms with Crippen LogP contribution in [0, 0.1) is 0 Å². The highest BCUT2D eigenvalue weighted by Gasteiger charge is 2.21. The maximum Gasteiger partial charge on any atom is 0.335 e. The van der Waals surface area contributed by atoms with Crippen molar-refractivity contribution >= 4 is 32.9 Å². The molecule has 0 amide bonds. The minimum Gasteiger partial charge on any atom is -0.478 e. The first kappa shape index (κ1) is 15.9. The highest BCUT2D eigenvalue weighted by Crippen LogP contribution is 2.30. The molecule has 3 aromatic carbocycles. The number of carboxylic acid groups (broad SMARTS) is 1. The zero-order chi connectivity index (χ0) is 17.3. The molecular weight excluding hydrogens is 328 g/mol. The Morgan fingerprint density at radius 1 is 0.875 bits per heavy atom. The van der Waals surface area contributed by atoms with Crippen LogP contribution in [0.1, 0.15) is 20.7 Å². The molecule has 0 spiro atoms. The molecule has 0 heterocycles. The van der Waals surface area contributed by atoms with E-state index in [-0.39, 0.29) is 15.4 Å². The third-order valence-corrected chi connectivity index (χ3v) is 5.57. The van der Waals surface area contributed by atoms with Gasteiger partial charge in [-0.25, -0.2) is 13.2 Å². The summed E-state index contributed by atoms with van der Waals surface area (Å²) in [6, 6.07) is 14.6. The van der Waals surface area contributed by atoms with Crippen molar-refractivity contribution in [1.82, 2.24) is 0 Å². The van der Waals surface area contributed by atoms with Gasteiger partial charge in [0.25, 0.3) is 0 Å². The van der Waals surface area contributed by atoms with E-state index in [9.17, 15) is 18.0 Å². The molecule has 24 heavy (non-hydrogen) atoms. The van der Waals surface area contributed by atoms with Gasteiger partial charge < -0.3 is 5.11 Å². The highest BCUT2D eigenvalue weighted by molar-refractivity contribution is 7.91. The van der Waals surface area contributed by atoms with Crippen LogP contribution in [-0.4, -0.2) is 25.8 Å². The Balaban J connectivity index is 2.22. The maximum atomic E-state index is 12.9. The quantitative estimate of drug-likeness (QED) is 0.737. The van der Waals surface area contributed by atoms with Crippen LogP contribution in [0.25, 0.3) is 10.8 Å². The Kier molecular flexibility index (Phi) is 3.91. The first-order chi connectivity index (χ1) is 11.4. The smallest absolute Gasteiger partial charge is 0.335 e. The van der Waals surface area contributed by atoms with E-state index in [1.54, 1.807) is 24.3 Å². The number of rotatable bonds is 4. The number of benzene rings is 3. The third-order valence-electron chi connectivity index (χ3n) is 3.75. The highest BCUT2D eigenvalue weighted by atomic mass is 32.2. The van der Waals surface area contributed by atoms with Gasteiger partial charge in [-0.2, -0.15) is 0 Å². The fraction of sp³-hybridized carbons (Fsp3) is 0. The molecule has 3 aromatic rings. The minimum absolute atomic E-state index is 0.00324. The average Bonchev–Trinajstić information content (AvgIpc) is 2.60. The van der Waals surface area contributed by atoms with Gasteiger partial charge in [0.05, 0.1) is 15.4 Å². The largest absolute Gasteiger partial charge is 0.478 e. The van der Waals surface area contributed by atoms with Gasteiger partial charge in [-0.05, 0) is 41.8 Å². The maximum absolute atomic E-state index is 12.9. The first-order valence-electron chi connectivity index (χ1n) is 7.00. The van der Waals surface area contributed by atoms with Gasteiger partial charge in [0.15, 0.2) is 6.29 Å². The number of aromatic carboxylic acids is 1. The van der Waals surface area contributed by atoms with Gasteiger partial charge >= 0.3 is 5.97 Å². The van der Waals surface area contributed by atoms with Gasteiger partial charge in [-0.1, -0.05) is 24.3 Å². The second-order valence-electron chi connectivity index (χ2n) is 5.15. The van der Waals surface area contributed by atoms with Crippen molar-refractivity contribution in [3.63, 3.8) is 0 Å². The van der Waals surface area contributed by atoms with Crippen molar-refractivity contribution < 1.29 is 23.1 Å². The lowest BCUT2D eigenvalue weighted by molar-refractivity contribution is 0.0696. The summed E-state index contributed by atoms with van der Waals surface area (Å²) in [5.41, 5.74) is 0.417. The first-order valence-corrected chi connectivity index (χ1v) is 8.49. The lowest BCUT2D eigenvalue weighted by Gasteiger charge is -2.10. The summed E-state index contributed by atoms with van der Waals surface area (Å²) in [7, 11) is -3.84. The minimum atomic E-state index is -3.84. The van der Waals surface area contributed by atoms with Crippen LogP contribution in [0.15, 0.2) is 70.5 Å². The summed E-state index contributed by atoms with van der Waals surface area (Å²) in [5.74, 6) is -1.13. The molecule has 0 unspecified atom stereocenters. The third kappa shape index (κ3) is 2.57. The molecule has 6 heteroatoms. The summed E-state index contributed by atoms with van der Waals surface area (Å²) in [6.07, 6.45) is 0.681. The topological polar surface area (TPSA) is 88.5 Å². The molecule has 0 fully saturated rings. The standard InChI is InChI=1S/C18H12O5S/c19-11-13-7-10-17(16-4-2-1-3-15(13)16)24(22,23)14-8-5-12(6-9-14)18(20)21/h1-11H,(H,20,21). The fourth-order valence-corrected chi connectivity index (χ4v) is 4.00. The molecule has 0 saturated carbocycles. The number of fused-ring (bicyclic) bond motifs is 1. The van der Waals surface area contributed by atoms with Crippen molar-refractivity contribution in [1.29, 1.82) is 0 Å².